The van der Waals surface area contributed by atoms with Gasteiger partial charge >= 0.3 is 0 Å². The molecule has 3 fully saturated rings. The van der Waals surface area contributed by atoms with Crippen LogP contribution in [0.25, 0.3) is 22.0 Å². The molecular weight excluding hydrogens is 610 g/mol. The number of carbonyl (C=O) groups is 1. The predicted molar refractivity (Wildman–Crippen MR) is 182 cm³/mol. The maximum Gasteiger partial charge on any atom is 0.260 e. The minimum atomic E-state index is -0.334. The number of aromatic nitrogens is 4. The molecule has 3 aliphatic rings. The van der Waals surface area contributed by atoms with Gasteiger partial charge in [0.1, 0.15) is 5.60 Å². The Morgan fingerprint density at radius 3 is 2.47 bits per heavy atom. The summed E-state index contributed by atoms with van der Waals surface area (Å²) in [6.45, 7) is 16.4. The van der Waals surface area contributed by atoms with Gasteiger partial charge in [0.05, 0.1) is 17.8 Å². The molecule has 0 aliphatic carbocycles. The molecule has 2 aromatic heterocycles. The van der Waals surface area contributed by atoms with Crippen LogP contribution in [0.5, 0.6) is 0 Å². The maximum absolute atomic E-state index is 12.1. The highest BCUT2D eigenvalue weighted by atomic mass is 35.5. The zero-order valence-corrected chi connectivity index (χ0v) is 29.0. The third kappa shape index (κ3) is 6.40. The topological polar surface area (TPSA) is 80.9 Å². The van der Waals surface area contributed by atoms with E-state index in [9.17, 15) is 4.79 Å². The molecule has 1 aromatic carbocycles. The summed E-state index contributed by atoms with van der Waals surface area (Å²) in [5.41, 5.74) is 3.74. The first-order chi connectivity index (χ1) is 21.4. The number of fused-ring (bicyclic) bond motifs is 1. The van der Waals surface area contributed by atoms with E-state index in [0.717, 1.165) is 78.8 Å². The highest BCUT2D eigenvalue weighted by Gasteiger charge is 2.35. The van der Waals surface area contributed by atoms with Gasteiger partial charge in [0.25, 0.3) is 5.17 Å². The highest BCUT2D eigenvalue weighted by Crippen LogP contribution is 2.44. The first-order valence-electron chi connectivity index (χ1n) is 16.3. The molecule has 0 bridgehead atoms. The van der Waals surface area contributed by atoms with Gasteiger partial charge in [-0.3, -0.25) is 9.48 Å². The van der Waals surface area contributed by atoms with Crippen LogP contribution in [0.2, 0.25) is 5.02 Å². The minimum Gasteiger partial charge on any atom is -0.465 e. The molecule has 12 heteroatoms. The third-order valence-electron chi connectivity index (χ3n) is 9.39. The summed E-state index contributed by atoms with van der Waals surface area (Å²) in [5, 5.41) is 12.4. The standard InChI is InChI=1S/C33H46ClN7O3S/c1-21-19-24(12-13-39(21)32(45)44-33(4,5)6)40-22(2)29(31(36-40)38-16-14-37(15-17-38)23(3)42)30-25-20-35-41(27(25)11-10-26(30)34)28-9-7-8-18-43-28/h10-11,20-21,24,28H,7-9,12-19H2,1-6H3. The summed E-state index contributed by atoms with van der Waals surface area (Å²) in [6, 6.07) is 4.42. The number of thiocarbonyl (C=S) groups is 1. The van der Waals surface area contributed by atoms with Crippen LogP contribution in [-0.2, 0) is 14.3 Å². The van der Waals surface area contributed by atoms with Crippen molar-refractivity contribution in [1.82, 2.24) is 29.4 Å². The van der Waals surface area contributed by atoms with Crippen LogP contribution in [0.3, 0.4) is 0 Å². The van der Waals surface area contributed by atoms with Crippen LogP contribution in [0, 0.1) is 6.92 Å². The molecule has 5 heterocycles. The first-order valence-corrected chi connectivity index (χ1v) is 17.1. The number of carbonyl (C=O) groups excluding carboxylic acids is 1. The molecule has 244 valence electrons. The molecule has 3 aromatic rings. The lowest BCUT2D eigenvalue weighted by Crippen LogP contribution is -2.48. The Morgan fingerprint density at radius 2 is 1.82 bits per heavy atom. The highest BCUT2D eigenvalue weighted by molar-refractivity contribution is 7.80. The number of halogens is 1. The van der Waals surface area contributed by atoms with Crippen molar-refractivity contribution in [2.75, 3.05) is 44.2 Å². The molecule has 0 saturated carbocycles. The monoisotopic (exact) mass is 655 g/mol. The SMILES string of the molecule is CC(=O)N1CCN(c2nn(C3CCN(C(=S)OC(C)(C)C)C(C)C3)c(C)c2-c2c(Cl)ccc3c2cnn3C2CCCCO2)CC1. The van der Waals surface area contributed by atoms with Gasteiger partial charge in [0.15, 0.2) is 12.0 Å². The second kappa shape index (κ2) is 12.7. The number of piperazine rings is 1. The van der Waals surface area contributed by atoms with E-state index in [1.54, 1.807) is 6.92 Å². The second-order valence-corrected chi connectivity index (χ2v) is 14.4. The van der Waals surface area contributed by atoms with E-state index < -0.39 is 0 Å². The molecular formula is C33H46ClN7O3S. The summed E-state index contributed by atoms with van der Waals surface area (Å²) in [7, 11) is 0. The number of benzene rings is 1. The zero-order valence-electron chi connectivity index (χ0n) is 27.4. The number of likely N-dealkylation sites (tertiary alicyclic amines) is 1. The van der Waals surface area contributed by atoms with Crippen molar-refractivity contribution >= 4 is 51.6 Å². The van der Waals surface area contributed by atoms with Crippen molar-refractivity contribution in [2.45, 2.75) is 97.6 Å². The summed E-state index contributed by atoms with van der Waals surface area (Å²) < 4.78 is 16.4. The number of anilines is 1. The number of ether oxygens (including phenoxy) is 2. The van der Waals surface area contributed by atoms with Crippen LogP contribution in [0.15, 0.2) is 18.3 Å². The van der Waals surface area contributed by atoms with Crippen LogP contribution >= 0.6 is 23.8 Å². The fourth-order valence-corrected chi connectivity index (χ4v) is 7.84. The van der Waals surface area contributed by atoms with E-state index in [2.05, 4.69) is 34.4 Å². The largest absolute Gasteiger partial charge is 0.465 e. The quantitative estimate of drug-likeness (QED) is 0.301. The number of nitrogens with zero attached hydrogens (tertiary/aromatic N) is 7. The fraction of sp³-hybridized carbons (Fsp3) is 0.636. The smallest absolute Gasteiger partial charge is 0.260 e. The van der Waals surface area contributed by atoms with Gasteiger partial charge in [-0.2, -0.15) is 10.2 Å². The Balaban J connectivity index is 1.39. The molecule has 3 unspecified atom stereocenters. The van der Waals surface area contributed by atoms with Crippen molar-refractivity contribution in [2.24, 2.45) is 0 Å². The second-order valence-electron chi connectivity index (χ2n) is 13.7. The van der Waals surface area contributed by atoms with E-state index >= 15 is 0 Å². The Kier molecular flexibility index (Phi) is 9.06. The van der Waals surface area contributed by atoms with E-state index in [4.69, 9.17) is 43.5 Å². The number of piperidine rings is 1. The lowest BCUT2D eigenvalue weighted by atomic mass is 9.97. The molecule has 3 aliphatic heterocycles. The maximum atomic E-state index is 12.1. The van der Waals surface area contributed by atoms with Crippen molar-refractivity contribution in [3.8, 4) is 11.1 Å². The third-order valence-corrected chi connectivity index (χ3v) is 10.0. The Hall–Kier alpha value is -2.89. The molecule has 3 atom stereocenters. The molecule has 10 nitrogen and oxygen atoms in total. The summed E-state index contributed by atoms with van der Waals surface area (Å²) in [5.74, 6) is 1.02. The normalized spacial score (nSPS) is 23.1. The molecule has 0 spiro atoms. The van der Waals surface area contributed by atoms with Gasteiger partial charge in [-0.25, -0.2) is 4.68 Å². The van der Waals surface area contributed by atoms with E-state index in [1.165, 1.54) is 0 Å². The van der Waals surface area contributed by atoms with Crippen LogP contribution in [0.4, 0.5) is 5.82 Å². The van der Waals surface area contributed by atoms with Crippen molar-refractivity contribution < 1.29 is 14.3 Å². The van der Waals surface area contributed by atoms with Gasteiger partial charge in [-0.15, -0.1) is 0 Å². The van der Waals surface area contributed by atoms with E-state index in [-0.39, 0.29) is 29.8 Å². The van der Waals surface area contributed by atoms with Crippen molar-refractivity contribution in [3.63, 3.8) is 0 Å². The van der Waals surface area contributed by atoms with Gasteiger partial charge in [-0.1, -0.05) is 11.6 Å². The van der Waals surface area contributed by atoms with E-state index in [0.29, 0.717) is 36.4 Å². The van der Waals surface area contributed by atoms with Crippen LogP contribution in [0.1, 0.15) is 84.7 Å². The molecule has 45 heavy (non-hydrogen) atoms. The van der Waals surface area contributed by atoms with Gasteiger partial charge in [0, 0.05) is 79.5 Å². The number of rotatable bonds is 4. The summed E-state index contributed by atoms with van der Waals surface area (Å²) in [4.78, 5) is 18.6. The predicted octanol–water partition coefficient (Wildman–Crippen LogP) is 6.35. The fourth-order valence-electron chi connectivity index (χ4n) is 7.06. The first kappa shape index (κ1) is 32.1. The average molecular weight is 656 g/mol. The summed E-state index contributed by atoms with van der Waals surface area (Å²) >= 11 is 12.8. The number of hydrogen-bond donors (Lipinski definition) is 0. The average Bonchev–Trinajstić information content (AvgIpc) is 3.58. The molecule has 3 saturated heterocycles. The van der Waals surface area contributed by atoms with Crippen LogP contribution in [-0.4, -0.2) is 91.4 Å². The van der Waals surface area contributed by atoms with Gasteiger partial charge in [0.2, 0.25) is 5.91 Å². The Morgan fingerprint density at radius 1 is 1.07 bits per heavy atom. The Bertz CT molecular complexity index is 1570. The lowest BCUT2D eigenvalue weighted by molar-refractivity contribution is -0.129. The molecule has 0 N–H and O–H groups in total. The lowest BCUT2D eigenvalue weighted by Gasteiger charge is -2.40. The Labute approximate surface area is 276 Å². The molecule has 6 rings (SSSR count). The zero-order chi connectivity index (χ0) is 32.0. The van der Waals surface area contributed by atoms with E-state index in [1.807, 2.05) is 42.6 Å². The van der Waals surface area contributed by atoms with Gasteiger partial charge in [-0.05, 0) is 91.1 Å². The molecule has 1 amide bonds. The van der Waals surface area contributed by atoms with Crippen molar-refractivity contribution in [3.05, 3.63) is 29.0 Å². The minimum absolute atomic E-state index is 0.0757. The van der Waals surface area contributed by atoms with Crippen molar-refractivity contribution in [1.29, 1.82) is 0 Å². The van der Waals surface area contributed by atoms with Gasteiger partial charge < -0.3 is 24.2 Å². The van der Waals surface area contributed by atoms with Crippen LogP contribution < -0.4 is 4.90 Å². The molecule has 0 radical (unpaired) electrons. The number of hydrogen-bond acceptors (Lipinski definition) is 7. The number of amides is 1. The summed E-state index contributed by atoms with van der Waals surface area (Å²) in [6.07, 6.45) is 6.79.